The monoisotopic (exact) mass is 371 g/mol. The lowest BCUT2D eigenvalue weighted by molar-refractivity contribution is -0.115. The van der Waals surface area contributed by atoms with Crippen LogP contribution >= 0.6 is 0 Å². The molecule has 2 aromatic heterocycles. The number of ether oxygens (including phenoxy) is 1. The van der Waals surface area contributed by atoms with E-state index in [1.54, 1.807) is 0 Å². The van der Waals surface area contributed by atoms with Crippen molar-refractivity contribution in [1.82, 2.24) is 19.7 Å². The summed E-state index contributed by atoms with van der Waals surface area (Å²) in [5.41, 5.74) is 2.48. The summed E-state index contributed by atoms with van der Waals surface area (Å²) in [5.74, 6) is 1.22. The van der Waals surface area contributed by atoms with Crippen molar-refractivity contribution in [2.75, 3.05) is 35.7 Å². The predicted molar refractivity (Wildman–Crippen MR) is 102 cm³/mol. The van der Waals surface area contributed by atoms with Gasteiger partial charge in [0.25, 0.3) is 0 Å². The Hall–Kier alpha value is -2.68. The second-order valence-corrected chi connectivity index (χ2v) is 7.15. The van der Waals surface area contributed by atoms with Gasteiger partial charge in [-0.15, -0.1) is 0 Å². The second-order valence-electron chi connectivity index (χ2n) is 7.15. The zero-order valence-corrected chi connectivity index (χ0v) is 15.7. The first-order valence-corrected chi connectivity index (χ1v) is 9.35. The number of fused-ring (bicyclic) bond motifs is 1. The molecule has 0 saturated carbocycles. The third kappa shape index (κ3) is 4.02. The number of carbonyl (C=O) groups is 1. The summed E-state index contributed by atoms with van der Waals surface area (Å²) in [7, 11) is 1.85. The van der Waals surface area contributed by atoms with Crippen molar-refractivity contribution in [3.8, 4) is 0 Å². The van der Waals surface area contributed by atoms with E-state index in [0.717, 1.165) is 43.1 Å². The van der Waals surface area contributed by atoms with Crippen molar-refractivity contribution in [3.63, 3.8) is 0 Å². The molecule has 27 heavy (non-hydrogen) atoms. The Bertz CT molecular complexity index is 829. The number of nitrogens with zero attached hydrogens (tertiary/aromatic N) is 5. The molecule has 0 radical (unpaired) electrons. The van der Waals surface area contributed by atoms with Gasteiger partial charge in [-0.3, -0.25) is 9.48 Å². The molecule has 2 aliphatic rings. The lowest BCUT2D eigenvalue weighted by atomic mass is 10.1. The summed E-state index contributed by atoms with van der Waals surface area (Å²) in [6.07, 6.45) is 7.63. The molecule has 0 bridgehead atoms. The highest BCUT2D eigenvalue weighted by Crippen LogP contribution is 2.29. The van der Waals surface area contributed by atoms with E-state index in [1.165, 1.54) is 6.42 Å². The van der Waals surface area contributed by atoms with Crippen LogP contribution in [0.15, 0.2) is 12.4 Å². The van der Waals surface area contributed by atoms with Crippen LogP contribution in [-0.2, 0) is 22.6 Å². The van der Waals surface area contributed by atoms with Gasteiger partial charge in [0.05, 0.1) is 31.1 Å². The summed E-state index contributed by atoms with van der Waals surface area (Å²) >= 11 is 0. The standard InChI is InChI=1S/C18H25N7O2/c1-12-16-17(24(2)11-15(26)22-16)23-18(21-12)19-7-13-8-20-25(9-13)10-14-5-3-4-6-27-14/h8-9,14H,3-7,10-11H2,1-2H3,(H,22,26)(H,19,21,23)/t14-/m1/s1. The molecule has 0 aliphatic carbocycles. The van der Waals surface area contributed by atoms with Gasteiger partial charge in [0, 0.05) is 32.0 Å². The molecule has 0 unspecified atom stereocenters. The van der Waals surface area contributed by atoms with E-state index in [4.69, 9.17) is 4.74 Å². The minimum Gasteiger partial charge on any atom is -0.376 e. The summed E-state index contributed by atoms with van der Waals surface area (Å²) in [6.45, 7) is 4.38. The van der Waals surface area contributed by atoms with Gasteiger partial charge in [-0.25, -0.2) is 4.98 Å². The highest BCUT2D eigenvalue weighted by atomic mass is 16.5. The van der Waals surface area contributed by atoms with E-state index in [0.29, 0.717) is 24.7 Å². The van der Waals surface area contributed by atoms with Crippen molar-refractivity contribution in [2.45, 2.75) is 45.4 Å². The van der Waals surface area contributed by atoms with Crippen LogP contribution in [0.2, 0.25) is 0 Å². The molecule has 2 N–H and O–H groups in total. The van der Waals surface area contributed by atoms with Crippen LogP contribution in [0.5, 0.6) is 0 Å². The van der Waals surface area contributed by atoms with Crippen LogP contribution in [0, 0.1) is 6.92 Å². The van der Waals surface area contributed by atoms with E-state index in [-0.39, 0.29) is 12.0 Å². The molecule has 0 spiro atoms. The second kappa shape index (κ2) is 7.51. The number of amides is 1. The van der Waals surface area contributed by atoms with Gasteiger partial charge >= 0.3 is 0 Å². The van der Waals surface area contributed by atoms with E-state index >= 15 is 0 Å². The molecule has 4 heterocycles. The Labute approximate surface area is 158 Å². The van der Waals surface area contributed by atoms with E-state index in [1.807, 2.05) is 35.9 Å². The van der Waals surface area contributed by atoms with Crippen molar-refractivity contribution in [3.05, 3.63) is 23.7 Å². The van der Waals surface area contributed by atoms with Gasteiger partial charge in [0.15, 0.2) is 5.82 Å². The average molecular weight is 371 g/mol. The van der Waals surface area contributed by atoms with E-state index in [9.17, 15) is 4.79 Å². The molecule has 4 rings (SSSR count). The molecule has 9 nitrogen and oxygen atoms in total. The highest BCUT2D eigenvalue weighted by molar-refractivity contribution is 6.00. The van der Waals surface area contributed by atoms with E-state index < -0.39 is 0 Å². The summed E-state index contributed by atoms with van der Waals surface area (Å²) < 4.78 is 7.71. The number of aromatic nitrogens is 4. The largest absolute Gasteiger partial charge is 0.376 e. The van der Waals surface area contributed by atoms with Crippen LogP contribution < -0.4 is 15.5 Å². The molecule has 2 aliphatic heterocycles. The summed E-state index contributed by atoms with van der Waals surface area (Å²) in [6, 6.07) is 0. The summed E-state index contributed by atoms with van der Waals surface area (Å²) in [5, 5.41) is 10.5. The number of nitrogens with one attached hydrogen (secondary N) is 2. The SMILES string of the molecule is Cc1nc(NCc2cnn(C[C@H]3CCCCO3)c2)nc2c1NC(=O)CN2C. The number of likely N-dealkylation sites (N-methyl/N-ethyl adjacent to an activating group) is 1. The maximum atomic E-state index is 11.7. The first-order valence-electron chi connectivity index (χ1n) is 9.35. The Morgan fingerprint density at radius 3 is 3.07 bits per heavy atom. The number of anilines is 3. The molecule has 1 amide bonds. The normalized spacial score (nSPS) is 19.6. The number of hydrogen-bond donors (Lipinski definition) is 2. The molecule has 0 aromatic carbocycles. The van der Waals surface area contributed by atoms with Gasteiger partial charge in [-0.05, 0) is 26.2 Å². The number of rotatable bonds is 5. The Balaban J connectivity index is 1.40. The van der Waals surface area contributed by atoms with Crippen LogP contribution in [0.4, 0.5) is 17.5 Å². The van der Waals surface area contributed by atoms with Gasteiger partial charge in [-0.2, -0.15) is 10.1 Å². The van der Waals surface area contributed by atoms with E-state index in [2.05, 4.69) is 25.7 Å². The summed E-state index contributed by atoms with van der Waals surface area (Å²) in [4.78, 5) is 22.5. The zero-order chi connectivity index (χ0) is 18.8. The Kier molecular flexibility index (Phi) is 4.93. The van der Waals surface area contributed by atoms with Crippen LogP contribution in [0.25, 0.3) is 0 Å². The van der Waals surface area contributed by atoms with Crippen molar-refractivity contribution < 1.29 is 9.53 Å². The lowest BCUT2D eigenvalue weighted by Crippen LogP contribution is -2.36. The average Bonchev–Trinajstić information content (AvgIpc) is 3.09. The fourth-order valence-electron chi connectivity index (χ4n) is 3.47. The molecule has 9 heteroatoms. The molecular formula is C18H25N7O2. The first kappa shape index (κ1) is 17.7. The molecule has 1 atom stereocenters. The Morgan fingerprint density at radius 2 is 2.26 bits per heavy atom. The van der Waals surface area contributed by atoms with Crippen molar-refractivity contribution in [1.29, 1.82) is 0 Å². The zero-order valence-electron chi connectivity index (χ0n) is 15.7. The van der Waals surface area contributed by atoms with Gasteiger partial charge in [0.2, 0.25) is 11.9 Å². The third-order valence-corrected chi connectivity index (χ3v) is 4.88. The number of hydrogen-bond acceptors (Lipinski definition) is 7. The van der Waals surface area contributed by atoms with Gasteiger partial charge in [0.1, 0.15) is 5.69 Å². The molecule has 1 saturated heterocycles. The fraction of sp³-hybridized carbons (Fsp3) is 0.556. The van der Waals surface area contributed by atoms with Gasteiger partial charge < -0.3 is 20.3 Å². The minimum absolute atomic E-state index is 0.0493. The number of carbonyl (C=O) groups excluding carboxylic acids is 1. The van der Waals surface area contributed by atoms with Crippen LogP contribution in [0.3, 0.4) is 0 Å². The van der Waals surface area contributed by atoms with Gasteiger partial charge in [-0.1, -0.05) is 0 Å². The first-order chi connectivity index (χ1) is 13.1. The van der Waals surface area contributed by atoms with Crippen LogP contribution in [0.1, 0.15) is 30.5 Å². The van der Waals surface area contributed by atoms with Crippen molar-refractivity contribution in [2.24, 2.45) is 0 Å². The highest BCUT2D eigenvalue weighted by Gasteiger charge is 2.23. The smallest absolute Gasteiger partial charge is 0.244 e. The van der Waals surface area contributed by atoms with Crippen molar-refractivity contribution >= 4 is 23.4 Å². The molecule has 2 aromatic rings. The number of aryl methyl sites for hydroxylation is 1. The molecular weight excluding hydrogens is 346 g/mol. The quantitative estimate of drug-likeness (QED) is 0.823. The molecule has 1 fully saturated rings. The Morgan fingerprint density at radius 1 is 1.37 bits per heavy atom. The minimum atomic E-state index is -0.0493. The maximum absolute atomic E-state index is 11.7. The van der Waals surface area contributed by atoms with Crippen LogP contribution in [-0.4, -0.2) is 52.0 Å². The fourth-order valence-corrected chi connectivity index (χ4v) is 3.47. The lowest BCUT2D eigenvalue weighted by Gasteiger charge is -2.27. The predicted octanol–water partition coefficient (Wildman–Crippen LogP) is 1.55. The molecule has 144 valence electrons. The third-order valence-electron chi connectivity index (χ3n) is 4.88. The topological polar surface area (TPSA) is 97.2 Å². The maximum Gasteiger partial charge on any atom is 0.244 e.